The van der Waals surface area contributed by atoms with Gasteiger partial charge >= 0.3 is 0 Å². The fraction of sp³-hybridized carbons (Fsp3) is 0.765. The molecule has 1 aromatic rings. The normalized spacial score (nSPS) is 21.9. The van der Waals surface area contributed by atoms with E-state index >= 15 is 0 Å². The molecule has 1 N–H and O–H groups in total. The van der Waals surface area contributed by atoms with Gasteiger partial charge in [-0.1, -0.05) is 6.92 Å². The molecule has 0 saturated carbocycles. The van der Waals surface area contributed by atoms with Gasteiger partial charge in [0.05, 0.1) is 0 Å². The Kier molecular flexibility index (Phi) is 5.62. The smallest absolute Gasteiger partial charge is 0.236 e. The molecule has 0 radical (unpaired) electrons. The van der Waals surface area contributed by atoms with E-state index in [0.29, 0.717) is 5.92 Å². The average molecular weight is 304 g/mol. The molecule has 2 fully saturated rings. The molecule has 2 aliphatic heterocycles. The second-order valence-corrected chi connectivity index (χ2v) is 6.43. The largest absolute Gasteiger partial charge is 0.472 e. The molecule has 0 aliphatic carbocycles. The maximum absolute atomic E-state index is 6.27. The summed E-state index contributed by atoms with van der Waals surface area (Å²) in [4.78, 5) is 11.6. The van der Waals surface area contributed by atoms with Crippen LogP contribution in [-0.4, -0.2) is 53.7 Å². The summed E-state index contributed by atoms with van der Waals surface area (Å²) in [7, 11) is 0. The molecular formula is C17H28N4O. The highest BCUT2D eigenvalue weighted by molar-refractivity contribution is 5.22. The summed E-state index contributed by atoms with van der Waals surface area (Å²) in [5.74, 6) is 1.25. The summed E-state index contributed by atoms with van der Waals surface area (Å²) < 4.78 is 6.27. The molecule has 3 heterocycles. The molecule has 1 aromatic heterocycles. The fourth-order valence-corrected chi connectivity index (χ4v) is 3.46. The lowest BCUT2D eigenvalue weighted by Gasteiger charge is -2.26. The molecule has 1 atom stereocenters. The van der Waals surface area contributed by atoms with Crippen LogP contribution in [0.25, 0.3) is 0 Å². The van der Waals surface area contributed by atoms with E-state index in [1.165, 1.54) is 25.9 Å². The molecule has 2 aliphatic rings. The van der Waals surface area contributed by atoms with Crippen LogP contribution in [0.15, 0.2) is 12.4 Å². The third-order valence-electron chi connectivity index (χ3n) is 4.81. The second-order valence-electron chi connectivity index (χ2n) is 6.43. The summed E-state index contributed by atoms with van der Waals surface area (Å²) >= 11 is 0. The zero-order valence-corrected chi connectivity index (χ0v) is 13.6. The molecular weight excluding hydrogens is 276 g/mol. The monoisotopic (exact) mass is 304 g/mol. The highest BCUT2D eigenvalue weighted by Gasteiger charge is 2.24. The Morgan fingerprint density at radius 2 is 1.95 bits per heavy atom. The molecule has 0 aromatic carbocycles. The first-order valence-electron chi connectivity index (χ1n) is 8.77. The first-order valence-corrected chi connectivity index (χ1v) is 8.77. The molecule has 0 spiro atoms. The summed E-state index contributed by atoms with van der Waals surface area (Å²) in [5, 5.41) is 3.41. The van der Waals surface area contributed by atoms with Gasteiger partial charge < -0.3 is 10.1 Å². The fourth-order valence-electron chi connectivity index (χ4n) is 3.46. The Morgan fingerprint density at radius 3 is 2.68 bits per heavy atom. The number of nitrogens with one attached hydrogen (secondary N) is 1. The first kappa shape index (κ1) is 15.7. The van der Waals surface area contributed by atoms with E-state index in [0.717, 1.165) is 50.5 Å². The van der Waals surface area contributed by atoms with Gasteiger partial charge in [-0.3, -0.25) is 9.88 Å². The highest BCUT2D eigenvalue weighted by Crippen LogP contribution is 2.30. The standard InChI is InChI=1S/C17H28N4O/c1-2-15(13-21-11-3-4-12-21)22-17-16(19-9-10-20-17)14-5-7-18-8-6-14/h9-10,14-15,18H,2-8,11-13H2,1H3/t15-/m0/s1. The Labute approximate surface area is 133 Å². The van der Waals surface area contributed by atoms with Gasteiger partial charge in [0.15, 0.2) is 0 Å². The molecule has 122 valence electrons. The SMILES string of the molecule is CC[C@@H](CN1CCCC1)Oc1nccnc1C1CCNCC1. The predicted octanol–water partition coefficient (Wildman–Crippen LogP) is 2.20. The van der Waals surface area contributed by atoms with E-state index in [2.05, 4.69) is 27.1 Å². The van der Waals surface area contributed by atoms with E-state index in [-0.39, 0.29) is 6.10 Å². The van der Waals surface area contributed by atoms with Gasteiger partial charge in [-0.15, -0.1) is 0 Å². The molecule has 5 nitrogen and oxygen atoms in total. The highest BCUT2D eigenvalue weighted by atomic mass is 16.5. The van der Waals surface area contributed by atoms with E-state index in [4.69, 9.17) is 4.74 Å². The van der Waals surface area contributed by atoms with Crippen LogP contribution in [0.4, 0.5) is 0 Å². The van der Waals surface area contributed by atoms with Crippen molar-refractivity contribution >= 4 is 0 Å². The van der Waals surface area contributed by atoms with Gasteiger partial charge in [-0.25, -0.2) is 4.98 Å². The molecule has 5 heteroatoms. The number of aromatic nitrogens is 2. The van der Waals surface area contributed by atoms with E-state index in [1.807, 2.05) is 0 Å². The molecule has 0 unspecified atom stereocenters. The summed E-state index contributed by atoms with van der Waals surface area (Å²) in [6, 6.07) is 0. The van der Waals surface area contributed by atoms with Crippen molar-refractivity contribution in [1.82, 2.24) is 20.2 Å². The summed E-state index contributed by atoms with van der Waals surface area (Å²) in [6.45, 7) is 7.75. The zero-order chi connectivity index (χ0) is 15.2. The van der Waals surface area contributed by atoms with Crippen molar-refractivity contribution in [3.05, 3.63) is 18.1 Å². The van der Waals surface area contributed by atoms with Crippen molar-refractivity contribution in [2.45, 2.75) is 51.0 Å². The van der Waals surface area contributed by atoms with Gasteiger partial charge in [0.1, 0.15) is 11.8 Å². The van der Waals surface area contributed by atoms with Gasteiger partial charge in [-0.2, -0.15) is 0 Å². The number of hydrogen-bond donors (Lipinski definition) is 1. The number of piperidine rings is 1. The average Bonchev–Trinajstić information content (AvgIpc) is 3.08. The predicted molar refractivity (Wildman–Crippen MR) is 87.3 cm³/mol. The minimum atomic E-state index is 0.218. The van der Waals surface area contributed by atoms with Crippen LogP contribution in [0.3, 0.4) is 0 Å². The Hall–Kier alpha value is -1.20. The van der Waals surface area contributed by atoms with Crippen molar-refractivity contribution in [1.29, 1.82) is 0 Å². The minimum absolute atomic E-state index is 0.218. The van der Waals surface area contributed by atoms with Gasteiger partial charge in [0.2, 0.25) is 5.88 Å². The van der Waals surface area contributed by atoms with Gasteiger partial charge in [-0.05, 0) is 58.3 Å². The number of nitrogens with zero attached hydrogens (tertiary/aromatic N) is 3. The molecule has 0 amide bonds. The van der Waals surface area contributed by atoms with Crippen LogP contribution in [0.5, 0.6) is 5.88 Å². The minimum Gasteiger partial charge on any atom is -0.472 e. The van der Waals surface area contributed by atoms with Crippen molar-refractivity contribution in [3.63, 3.8) is 0 Å². The van der Waals surface area contributed by atoms with E-state index in [9.17, 15) is 0 Å². The quantitative estimate of drug-likeness (QED) is 0.873. The van der Waals surface area contributed by atoms with Gasteiger partial charge in [0.25, 0.3) is 0 Å². The Bertz CT molecular complexity index is 456. The third kappa shape index (κ3) is 3.96. The lowest BCUT2D eigenvalue weighted by atomic mass is 9.94. The number of hydrogen-bond acceptors (Lipinski definition) is 5. The van der Waals surface area contributed by atoms with E-state index < -0.39 is 0 Å². The van der Waals surface area contributed by atoms with Crippen LogP contribution >= 0.6 is 0 Å². The Morgan fingerprint density at radius 1 is 1.23 bits per heavy atom. The summed E-state index contributed by atoms with van der Waals surface area (Å²) in [5.41, 5.74) is 1.06. The first-order chi connectivity index (χ1) is 10.9. The van der Waals surface area contributed by atoms with Crippen molar-refractivity contribution in [3.8, 4) is 5.88 Å². The zero-order valence-electron chi connectivity index (χ0n) is 13.6. The molecule has 0 bridgehead atoms. The number of ether oxygens (including phenoxy) is 1. The molecule has 2 saturated heterocycles. The maximum atomic E-state index is 6.27. The van der Waals surface area contributed by atoms with Crippen molar-refractivity contribution in [2.24, 2.45) is 0 Å². The van der Waals surface area contributed by atoms with E-state index in [1.54, 1.807) is 12.4 Å². The second kappa shape index (κ2) is 7.88. The number of rotatable bonds is 6. The van der Waals surface area contributed by atoms with Crippen molar-refractivity contribution < 1.29 is 4.74 Å². The molecule has 22 heavy (non-hydrogen) atoms. The summed E-state index contributed by atoms with van der Waals surface area (Å²) in [6.07, 6.45) is 9.67. The number of likely N-dealkylation sites (tertiary alicyclic amines) is 1. The third-order valence-corrected chi connectivity index (χ3v) is 4.81. The molecule has 3 rings (SSSR count). The topological polar surface area (TPSA) is 50.3 Å². The van der Waals surface area contributed by atoms with Gasteiger partial charge in [0, 0.05) is 24.9 Å². The van der Waals surface area contributed by atoms with Crippen molar-refractivity contribution in [2.75, 3.05) is 32.7 Å². The lowest BCUT2D eigenvalue weighted by molar-refractivity contribution is 0.135. The van der Waals surface area contributed by atoms with Crippen LogP contribution < -0.4 is 10.1 Å². The maximum Gasteiger partial charge on any atom is 0.236 e. The van der Waals surface area contributed by atoms with Crippen LogP contribution in [-0.2, 0) is 0 Å². The van der Waals surface area contributed by atoms with Crippen LogP contribution in [0, 0.1) is 0 Å². The Balaban J connectivity index is 1.67. The van der Waals surface area contributed by atoms with Crippen LogP contribution in [0.1, 0.15) is 50.6 Å². The van der Waals surface area contributed by atoms with Crippen LogP contribution in [0.2, 0.25) is 0 Å². The lowest BCUT2D eigenvalue weighted by Crippen LogP contribution is -2.34.